The molecule has 0 spiro atoms. The minimum absolute atomic E-state index is 0.0466. The van der Waals surface area contributed by atoms with E-state index in [4.69, 9.17) is 31.1 Å². The van der Waals surface area contributed by atoms with Crippen LogP contribution in [0, 0.1) is 11.3 Å². The van der Waals surface area contributed by atoms with Gasteiger partial charge in [-0.05, 0) is 56.2 Å². The molecule has 0 aromatic heterocycles. The molecular weight excluding hydrogens is 404 g/mol. The van der Waals surface area contributed by atoms with E-state index >= 15 is 0 Å². The topological polar surface area (TPSA) is 80.6 Å². The summed E-state index contributed by atoms with van der Waals surface area (Å²) in [7, 11) is 1.54. The number of benzene rings is 2. The number of rotatable bonds is 10. The van der Waals surface area contributed by atoms with E-state index in [0.29, 0.717) is 53.0 Å². The number of anilines is 1. The van der Waals surface area contributed by atoms with Crippen molar-refractivity contribution in [2.24, 2.45) is 0 Å². The van der Waals surface area contributed by atoms with Crippen LogP contribution < -0.4 is 19.5 Å². The van der Waals surface area contributed by atoms with Crippen molar-refractivity contribution in [1.29, 1.82) is 5.26 Å². The molecular formula is C23H25ClN2O4. The lowest BCUT2D eigenvalue weighted by atomic mass is 10.1. The van der Waals surface area contributed by atoms with Crippen molar-refractivity contribution in [1.82, 2.24) is 0 Å². The molecule has 2 rings (SSSR count). The summed E-state index contributed by atoms with van der Waals surface area (Å²) in [6, 6.07) is 12.6. The highest BCUT2D eigenvalue weighted by Crippen LogP contribution is 2.37. The van der Waals surface area contributed by atoms with Gasteiger partial charge in [-0.3, -0.25) is 4.79 Å². The third-order valence-corrected chi connectivity index (χ3v) is 4.12. The van der Waals surface area contributed by atoms with Gasteiger partial charge in [0, 0.05) is 24.3 Å². The van der Waals surface area contributed by atoms with Crippen LogP contribution in [0.25, 0.3) is 6.08 Å². The highest BCUT2D eigenvalue weighted by Gasteiger charge is 2.12. The molecule has 0 saturated carbocycles. The summed E-state index contributed by atoms with van der Waals surface area (Å²) in [4.78, 5) is 12.3. The summed E-state index contributed by atoms with van der Waals surface area (Å²) in [5, 5.41) is 11.7. The largest absolute Gasteiger partial charge is 0.493 e. The van der Waals surface area contributed by atoms with Crippen LogP contribution in [-0.2, 0) is 4.79 Å². The Morgan fingerprint density at radius 1 is 1.30 bits per heavy atom. The SMILES string of the molecule is COc1cc(/C=C/C(=O)Nc2cccc(OCCCC#N)c2)cc(Cl)c1OC(C)C. The van der Waals surface area contributed by atoms with E-state index in [1.54, 1.807) is 42.5 Å². The van der Waals surface area contributed by atoms with Crippen LogP contribution >= 0.6 is 11.6 Å². The number of nitrogens with one attached hydrogen (secondary N) is 1. The van der Waals surface area contributed by atoms with E-state index in [1.165, 1.54) is 13.2 Å². The Balaban J connectivity index is 2.03. The van der Waals surface area contributed by atoms with Crippen molar-refractivity contribution in [2.45, 2.75) is 32.8 Å². The van der Waals surface area contributed by atoms with Crippen LogP contribution in [0.15, 0.2) is 42.5 Å². The Bertz CT molecular complexity index is 935. The van der Waals surface area contributed by atoms with E-state index in [9.17, 15) is 4.79 Å². The summed E-state index contributed by atoms with van der Waals surface area (Å²) in [6.07, 6.45) is 4.11. The number of carbonyl (C=O) groups excluding carboxylic acids is 1. The Morgan fingerprint density at radius 2 is 2.10 bits per heavy atom. The quantitative estimate of drug-likeness (QED) is 0.401. The van der Waals surface area contributed by atoms with E-state index in [2.05, 4.69) is 11.4 Å². The summed E-state index contributed by atoms with van der Waals surface area (Å²) >= 11 is 6.31. The molecule has 0 heterocycles. The van der Waals surface area contributed by atoms with E-state index in [0.717, 1.165) is 0 Å². The second-order valence-electron chi connectivity index (χ2n) is 6.66. The second-order valence-corrected chi connectivity index (χ2v) is 7.07. The molecule has 0 fully saturated rings. The van der Waals surface area contributed by atoms with E-state index in [-0.39, 0.29) is 12.0 Å². The third kappa shape index (κ3) is 7.34. The third-order valence-electron chi connectivity index (χ3n) is 3.84. The Morgan fingerprint density at radius 3 is 2.80 bits per heavy atom. The van der Waals surface area contributed by atoms with Gasteiger partial charge in [-0.15, -0.1) is 0 Å². The van der Waals surface area contributed by atoms with Gasteiger partial charge in [0.2, 0.25) is 5.91 Å². The number of hydrogen-bond acceptors (Lipinski definition) is 5. The van der Waals surface area contributed by atoms with Gasteiger partial charge in [0.25, 0.3) is 0 Å². The first-order chi connectivity index (χ1) is 14.4. The lowest BCUT2D eigenvalue weighted by Gasteiger charge is -2.15. The van der Waals surface area contributed by atoms with Gasteiger partial charge in [-0.25, -0.2) is 0 Å². The van der Waals surface area contributed by atoms with Gasteiger partial charge >= 0.3 is 0 Å². The second kappa shape index (κ2) is 11.7. The Labute approximate surface area is 182 Å². The molecule has 0 saturated heterocycles. The molecule has 0 bridgehead atoms. The number of carbonyl (C=O) groups is 1. The lowest BCUT2D eigenvalue weighted by molar-refractivity contribution is -0.111. The molecule has 0 radical (unpaired) electrons. The highest BCUT2D eigenvalue weighted by atomic mass is 35.5. The van der Waals surface area contributed by atoms with Crippen molar-refractivity contribution in [3.63, 3.8) is 0 Å². The zero-order valence-corrected chi connectivity index (χ0v) is 18.0. The van der Waals surface area contributed by atoms with Crippen molar-refractivity contribution < 1.29 is 19.0 Å². The van der Waals surface area contributed by atoms with Gasteiger partial charge in [0.15, 0.2) is 11.5 Å². The number of methoxy groups -OCH3 is 1. The summed E-state index contributed by atoms with van der Waals surface area (Å²) in [5.41, 5.74) is 1.32. The summed E-state index contributed by atoms with van der Waals surface area (Å²) < 4.78 is 16.6. The molecule has 158 valence electrons. The Kier molecular flexibility index (Phi) is 9.04. The standard InChI is InChI=1S/C23H25ClN2O4/c1-16(2)30-23-20(24)13-17(14-21(23)28-3)9-10-22(27)26-18-7-6-8-19(15-18)29-12-5-4-11-25/h6-10,13-16H,4-5,12H2,1-3H3,(H,26,27)/b10-9+. The minimum atomic E-state index is -0.297. The van der Waals surface area contributed by atoms with Gasteiger partial charge < -0.3 is 19.5 Å². The number of ether oxygens (including phenoxy) is 3. The average Bonchev–Trinajstić information content (AvgIpc) is 2.71. The zero-order valence-electron chi connectivity index (χ0n) is 17.3. The molecule has 0 atom stereocenters. The molecule has 7 heteroatoms. The maximum Gasteiger partial charge on any atom is 0.248 e. The van der Waals surface area contributed by atoms with Gasteiger partial charge in [-0.2, -0.15) is 5.26 Å². The van der Waals surface area contributed by atoms with Crippen molar-refractivity contribution in [3.8, 4) is 23.3 Å². The monoisotopic (exact) mass is 428 g/mol. The van der Waals surface area contributed by atoms with Crippen molar-refractivity contribution in [2.75, 3.05) is 19.0 Å². The maximum absolute atomic E-state index is 12.3. The molecule has 0 aliphatic carbocycles. The molecule has 2 aromatic carbocycles. The minimum Gasteiger partial charge on any atom is -0.493 e. The fraction of sp³-hybridized carbons (Fsp3) is 0.304. The number of nitrogens with zero attached hydrogens (tertiary/aromatic N) is 1. The molecule has 2 aromatic rings. The molecule has 0 aliphatic rings. The molecule has 1 amide bonds. The number of amides is 1. The average molecular weight is 429 g/mol. The fourth-order valence-corrected chi connectivity index (χ4v) is 2.81. The molecule has 0 unspecified atom stereocenters. The van der Waals surface area contributed by atoms with Crippen LogP contribution in [-0.4, -0.2) is 25.7 Å². The van der Waals surface area contributed by atoms with Crippen LogP contribution in [0.2, 0.25) is 5.02 Å². The highest BCUT2D eigenvalue weighted by molar-refractivity contribution is 6.32. The Hall–Kier alpha value is -3.17. The summed E-state index contributed by atoms with van der Waals surface area (Å²) in [5.74, 6) is 1.31. The number of nitriles is 1. The molecule has 6 nitrogen and oxygen atoms in total. The normalized spacial score (nSPS) is 10.7. The van der Waals surface area contributed by atoms with Crippen LogP contribution in [0.4, 0.5) is 5.69 Å². The zero-order chi connectivity index (χ0) is 21.9. The fourth-order valence-electron chi connectivity index (χ4n) is 2.55. The first-order valence-corrected chi connectivity index (χ1v) is 9.93. The van der Waals surface area contributed by atoms with Crippen molar-refractivity contribution in [3.05, 3.63) is 53.1 Å². The molecule has 0 aliphatic heterocycles. The maximum atomic E-state index is 12.3. The first-order valence-electron chi connectivity index (χ1n) is 9.56. The molecule has 30 heavy (non-hydrogen) atoms. The lowest BCUT2D eigenvalue weighted by Crippen LogP contribution is -2.08. The predicted molar refractivity (Wildman–Crippen MR) is 118 cm³/mol. The number of halogens is 1. The van der Waals surface area contributed by atoms with Gasteiger partial charge in [0.05, 0.1) is 30.9 Å². The first kappa shape index (κ1) is 23.1. The number of unbranched alkanes of at least 4 members (excludes halogenated alkanes) is 1. The van der Waals surface area contributed by atoms with E-state index < -0.39 is 0 Å². The van der Waals surface area contributed by atoms with Crippen LogP contribution in [0.5, 0.6) is 17.2 Å². The van der Waals surface area contributed by atoms with Crippen molar-refractivity contribution >= 4 is 29.3 Å². The van der Waals surface area contributed by atoms with E-state index in [1.807, 2.05) is 13.8 Å². The van der Waals surface area contributed by atoms with Crippen LogP contribution in [0.1, 0.15) is 32.3 Å². The van der Waals surface area contributed by atoms with Gasteiger partial charge in [-0.1, -0.05) is 17.7 Å². The molecule has 1 N–H and O–H groups in total. The smallest absolute Gasteiger partial charge is 0.248 e. The predicted octanol–water partition coefficient (Wildman–Crippen LogP) is 5.47. The van der Waals surface area contributed by atoms with Crippen LogP contribution in [0.3, 0.4) is 0 Å². The van der Waals surface area contributed by atoms with Gasteiger partial charge in [0.1, 0.15) is 5.75 Å². The number of hydrogen-bond donors (Lipinski definition) is 1. The summed E-state index contributed by atoms with van der Waals surface area (Å²) in [6.45, 7) is 4.25.